The summed E-state index contributed by atoms with van der Waals surface area (Å²) in [4.78, 5) is 36.5. The van der Waals surface area contributed by atoms with E-state index in [1.807, 2.05) is 0 Å². The normalized spacial score (nSPS) is 32.1. The topological polar surface area (TPSA) is 254 Å². The molecule has 2 aliphatic heterocycles. The smallest absolute Gasteiger partial charge is 0.220 e. The number of hydrogen-bond donors (Lipinski definition) is 9. The van der Waals surface area contributed by atoms with Gasteiger partial charge in [0.1, 0.15) is 36.6 Å². The molecule has 11 atom stereocenters. The summed E-state index contributed by atoms with van der Waals surface area (Å²) >= 11 is 0. The summed E-state index contributed by atoms with van der Waals surface area (Å²) in [6.07, 6.45) is -6.53. The van der Waals surface area contributed by atoms with Crippen LogP contribution in [-0.4, -0.2) is 148 Å². The van der Waals surface area contributed by atoms with Gasteiger partial charge in [-0.1, -0.05) is 6.92 Å². The fourth-order valence-corrected chi connectivity index (χ4v) is 5.22. The predicted octanol–water partition coefficient (Wildman–Crippen LogP) is -2.40. The molecule has 2 aliphatic rings. The Morgan fingerprint density at radius 3 is 1.80 bits per heavy atom. The van der Waals surface area contributed by atoms with Gasteiger partial charge in [0.25, 0.3) is 0 Å². The maximum absolute atomic E-state index is 12.4. The average molecular weight is 667 g/mol. The van der Waals surface area contributed by atoms with E-state index in [0.29, 0.717) is 51.5 Å². The Hall–Kier alpha value is -1.83. The number of hydrogen-bond acceptors (Lipinski definition) is 14. The molecule has 2 amide bonds. The van der Waals surface area contributed by atoms with Gasteiger partial charge in [-0.05, 0) is 51.9 Å². The van der Waals surface area contributed by atoms with E-state index in [0.717, 1.165) is 0 Å². The summed E-state index contributed by atoms with van der Waals surface area (Å²) in [6.45, 7) is 2.86. The quantitative estimate of drug-likeness (QED) is 0.0579. The number of unbranched alkanes of at least 4 members (excludes halogenated alkanes) is 3. The summed E-state index contributed by atoms with van der Waals surface area (Å²) in [5.74, 6) is -1.12. The van der Waals surface area contributed by atoms with Crippen molar-refractivity contribution in [2.75, 3.05) is 33.0 Å². The largest absolute Gasteiger partial charge is 0.394 e. The molecule has 2 saturated heterocycles. The summed E-state index contributed by atoms with van der Waals surface area (Å²) < 4.78 is 21.6. The van der Waals surface area contributed by atoms with E-state index in [9.17, 15) is 50.1 Å². The van der Waals surface area contributed by atoms with Gasteiger partial charge in [0.2, 0.25) is 11.8 Å². The van der Waals surface area contributed by atoms with E-state index in [-0.39, 0.29) is 43.7 Å². The van der Waals surface area contributed by atoms with Crippen LogP contribution < -0.4 is 10.6 Å². The monoisotopic (exact) mass is 666 g/mol. The van der Waals surface area contributed by atoms with Crippen molar-refractivity contribution in [3.05, 3.63) is 0 Å². The lowest BCUT2D eigenvalue weighted by Crippen LogP contribution is -2.59. The van der Waals surface area contributed by atoms with E-state index in [2.05, 4.69) is 10.6 Å². The van der Waals surface area contributed by atoms with Crippen LogP contribution in [0.2, 0.25) is 0 Å². The standard InChI is InChI=1S/C30H54N2O14/c1-17-24(38)20(15-33)45-29(25(17)39)43-13-8-5-11-23(37)32-19(18(2)35)9-3-6-12-31-22(36)10-4-7-14-44-30-28(42)27(41)26(40)21(16-34)46-30/h17,19-21,24-30,33-34,38-42H,3-16H2,1-2H3,(H,31,36)(H,32,37)/t17-,19-,20?,21?,24?,25?,26?,27?,28?,29?,30?/m1/s1. The van der Waals surface area contributed by atoms with Crippen LogP contribution in [0.3, 0.4) is 0 Å². The number of aliphatic hydroxyl groups is 7. The van der Waals surface area contributed by atoms with Crippen molar-refractivity contribution < 1.29 is 69.1 Å². The molecule has 0 spiro atoms. The zero-order valence-corrected chi connectivity index (χ0v) is 26.7. The lowest BCUT2D eigenvalue weighted by molar-refractivity contribution is -0.301. The second kappa shape index (κ2) is 21.2. The molecule has 0 aromatic heterocycles. The van der Waals surface area contributed by atoms with Crippen molar-refractivity contribution in [3.8, 4) is 0 Å². The van der Waals surface area contributed by atoms with Crippen LogP contribution in [0.25, 0.3) is 0 Å². The molecule has 0 saturated carbocycles. The summed E-state index contributed by atoms with van der Waals surface area (Å²) in [5.41, 5.74) is 0. The van der Waals surface area contributed by atoms with Gasteiger partial charge in [-0.15, -0.1) is 0 Å². The Balaban J connectivity index is 1.52. The van der Waals surface area contributed by atoms with Crippen molar-refractivity contribution in [1.82, 2.24) is 10.6 Å². The van der Waals surface area contributed by atoms with Gasteiger partial charge in [0, 0.05) is 38.5 Å². The minimum Gasteiger partial charge on any atom is -0.394 e. The van der Waals surface area contributed by atoms with Crippen LogP contribution in [0.1, 0.15) is 71.6 Å². The van der Waals surface area contributed by atoms with Crippen molar-refractivity contribution in [2.45, 2.75) is 133 Å². The van der Waals surface area contributed by atoms with Crippen molar-refractivity contribution >= 4 is 17.6 Å². The predicted molar refractivity (Wildman–Crippen MR) is 160 cm³/mol. The van der Waals surface area contributed by atoms with Crippen molar-refractivity contribution in [1.29, 1.82) is 0 Å². The number of aliphatic hydroxyl groups excluding tert-OH is 7. The Bertz CT molecular complexity index is 909. The van der Waals surface area contributed by atoms with Crippen molar-refractivity contribution in [2.24, 2.45) is 5.92 Å². The lowest BCUT2D eigenvalue weighted by atomic mass is 9.91. The molecule has 9 N–H and O–H groups in total. The molecule has 0 aromatic rings. The first kappa shape index (κ1) is 40.3. The average Bonchev–Trinajstić information content (AvgIpc) is 3.03. The highest BCUT2D eigenvalue weighted by Gasteiger charge is 2.44. The fraction of sp³-hybridized carbons (Fsp3) is 0.900. The Morgan fingerprint density at radius 1 is 0.696 bits per heavy atom. The van der Waals surface area contributed by atoms with Gasteiger partial charge in [0.15, 0.2) is 18.4 Å². The van der Waals surface area contributed by atoms with E-state index in [1.54, 1.807) is 6.92 Å². The first-order chi connectivity index (χ1) is 21.9. The molecule has 0 bridgehead atoms. The van der Waals surface area contributed by atoms with Gasteiger partial charge < -0.3 is 65.3 Å². The molecule has 268 valence electrons. The minimum atomic E-state index is -1.51. The van der Waals surface area contributed by atoms with Gasteiger partial charge in [-0.25, -0.2) is 0 Å². The highest BCUT2D eigenvalue weighted by atomic mass is 16.7. The number of nitrogens with one attached hydrogen (secondary N) is 2. The number of Topliss-reactive ketones (excluding diaryl/α,β-unsaturated/α-hetero) is 1. The van der Waals surface area contributed by atoms with Crippen LogP contribution >= 0.6 is 0 Å². The Morgan fingerprint density at radius 2 is 1.24 bits per heavy atom. The Labute approximate surface area is 269 Å². The third-order valence-corrected chi connectivity index (χ3v) is 8.30. The number of carbonyl (C=O) groups excluding carboxylic acids is 3. The molecule has 46 heavy (non-hydrogen) atoms. The molecule has 2 fully saturated rings. The van der Waals surface area contributed by atoms with E-state index < -0.39 is 80.5 Å². The summed E-state index contributed by atoms with van der Waals surface area (Å²) in [5, 5.41) is 73.9. The zero-order valence-electron chi connectivity index (χ0n) is 26.7. The summed E-state index contributed by atoms with van der Waals surface area (Å²) in [6, 6.07) is -0.628. The maximum Gasteiger partial charge on any atom is 0.220 e. The van der Waals surface area contributed by atoms with Crippen LogP contribution in [-0.2, 0) is 33.3 Å². The highest BCUT2D eigenvalue weighted by molar-refractivity contribution is 5.87. The van der Waals surface area contributed by atoms with E-state index in [4.69, 9.17) is 18.9 Å². The number of carbonyl (C=O) groups is 3. The first-order valence-electron chi connectivity index (χ1n) is 16.1. The lowest BCUT2D eigenvalue weighted by Gasteiger charge is -2.40. The molecule has 0 radical (unpaired) electrons. The molecule has 0 aliphatic carbocycles. The van der Waals surface area contributed by atoms with Gasteiger partial charge in [-0.3, -0.25) is 14.4 Å². The fourth-order valence-electron chi connectivity index (χ4n) is 5.22. The van der Waals surface area contributed by atoms with Crippen LogP contribution in [0, 0.1) is 5.92 Å². The van der Waals surface area contributed by atoms with E-state index >= 15 is 0 Å². The van der Waals surface area contributed by atoms with Crippen LogP contribution in [0.15, 0.2) is 0 Å². The van der Waals surface area contributed by atoms with Gasteiger partial charge >= 0.3 is 0 Å². The third kappa shape index (κ3) is 13.0. The number of rotatable bonds is 21. The van der Waals surface area contributed by atoms with Gasteiger partial charge in [0.05, 0.1) is 25.4 Å². The van der Waals surface area contributed by atoms with E-state index in [1.165, 1.54) is 6.92 Å². The third-order valence-electron chi connectivity index (χ3n) is 8.30. The second-order valence-electron chi connectivity index (χ2n) is 12.0. The van der Waals surface area contributed by atoms with Crippen LogP contribution in [0.4, 0.5) is 0 Å². The molecule has 2 heterocycles. The molecule has 0 aromatic carbocycles. The van der Waals surface area contributed by atoms with Gasteiger partial charge in [-0.2, -0.15) is 0 Å². The number of ketones is 1. The number of amides is 2. The maximum atomic E-state index is 12.4. The first-order valence-corrected chi connectivity index (χ1v) is 16.1. The molecule has 2 rings (SSSR count). The molecular weight excluding hydrogens is 612 g/mol. The minimum absolute atomic E-state index is 0.137. The van der Waals surface area contributed by atoms with Crippen molar-refractivity contribution in [3.63, 3.8) is 0 Å². The zero-order chi connectivity index (χ0) is 34.2. The second-order valence-corrected chi connectivity index (χ2v) is 12.0. The SMILES string of the molecule is CC(=O)[C@@H](CCCCNC(=O)CCCCOC1OC(CO)C(O)C(O)C1O)NC(=O)CCCCOC1OC(CO)C(O)[C@@H](C)C1O. The molecule has 16 nitrogen and oxygen atoms in total. The highest BCUT2D eigenvalue weighted by Crippen LogP contribution is 2.27. The molecule has 16 heteroatoms. The molecule has 9 unspecified atom stereocenters. The van der Waals surface area contributed by atoms with Crippen LogP contribution in [0.5, 0.6) is 0 Å². The molecular formula is C30H54N2O14. The number of ether oxygens (including phenoxy) is 4. The Kier molecular flexibility index (Phi) is 18.6. The summed E-state index contributed by atoms with van der Waals surface area (Å²) in [7, 11) is 0.